The Morgan fingerprint density at radius 2 is 1.54 bits per heavy atom. The molecule has 0 spiro atoms. The van der Waals surface area contributed by atoms with Crippen LogP contribution >= 0.6 is 23.2 Å². The molecule has 1 atom stereocenters. The summed E-state index contributed by atoms with van der Waals surface area (Å²) >= 11 is 12.3. The van der Waals surface area contributed by atoms with Gasteiger partial charge in [-0.1, -0.05) is 41.4 Å². The summed E-state index contributed by atoms with van der Waals surface area (Å²) in [5.74, 6) is 0.760. The zero-order valence-electron chi connectivity index (χ0n) is 22.4. The van der Waals surface area contributed by atoms with Gasteiger partial charge in [0.2, 0.25) is 0 Å². The van der Waals surface area contributed by atoms with Crippen LogP contribution in [0.4, 0.5) is 0 Å². The predicted octanol–water partition coefficient (Wildman–Crippen LogP) is 4.40. The van der Waals surface area contributed by atoms with Crippen molar-refractivity contribution < 1.29 is 58.5 Å². The van der Waals surface area contributed by atoms with Gasteiger partial charge < -0.3 is 24.1 Å². The molecule has 0 amide bonds. The number of aryl methyl sites for hydroxylation is 1. The van der Waals surface area contributed by atoms with Crippen molar-refractivity contribution in [1.29, 1.82) is 0 Å². The standard InChI is InChI=1S/C32H26Cl2O6.Na/c33-22-10-14-24(15-11-22)39-29-7-2-1-4-21(29)5-3-6-28(35)20-8-12-23(13-9-20)40-31-19-30-26(18-27(31)34)25(32(36)37)16-17-38-30;/h1-2,4,7-15,18-19,25H,3,5-6,16-17H2,(H,36,37);/q;+1/p-1. The first-order valence-electron chi connectivity index (χ1n) is 12.9. The molecule has 1 unspecified atom stereocenters. The molecule has 204 valence electrons. The van der Waals surface area contributed by atoms with Crippen molar-refractivity contribution in [2.45, 2.75) is 31.6 Å². The number of ether oxygens (including phenoxy) is 3. The molecule has 0 saturated heterocycles. The molecule has 0 aromatic heterocycles. The number of ketones is 1. The first-order chi connectivity index (χ1) is 19.4. The second-order valence-corrected chi connectivity index (χ2v) is 10.2. The zero-order chi connectivity index (χ0) is 28.1. The number of carboxylic acid groups (broad SMARTS) is 1. The summed E-state index contributed by atoms with van der Waals surface area (Å²) < 4.78 is 17.5. The number of carbonyl (C=O) groups is 2. The number of fused-ring (bicyclic) bond motifs is 1. The molecule has 0 bridgehead atoms. The maximum Gasteiger partial charge on any atom is 1.00 e. The zero-order valence-corrected chi connectivity index (χ0v) is 25.9. The predicted molar refractivity (Wildman–Crippen MR) is 151 cm³/mol. The van der Waals surface area contributed by atoms with E-state index < -0.39 is 11.9 Å². The largest absolute Gasteiger partial charge is 1.00 e. The fourth-order valence-electron chi connectivity index (χ4n) is 4.57. The van der Waals surface area contributed by atoms with Crippen LogP contribution < -0.4 is 48.9 Å². The minimum atomic E-state index is -1.16. The Labute approximate surface area is 270 Å². The third kappa shape index (κ3) is 7.85. The molecule has 4 aromatic rings. The van der Waals surface area contributed by atoms with Crippen LogP contribution in [0, 0.1) is 0 Å². The molecule has 0 N–H and O–H groups in total. The maximum absolute atomic E-state index is 12.8. The number of halogens is 2. The molecule has 5 rings (SSSR count). The molecule has 1 heterocycles. The quantitative estimate of drug-likeness (QED) is 0.199. The van der Waals surface area contributed by atoms with Gasteiger partial charge in [-0.2, -0.15) is 0 Å². The third-order valence-corrected chi connectivity index (χ3v) is 7.20. The molecule has 4 aromatic carbocycles. The molecule has 6 nitrogen and oxygen atoms in total. The molecular weight excluding hydrogens is 574 g/mol. The minimum Gasteiger partial charge on any atom is -0.549 e. The van der Waals surface area contributed by atoms with Crippen molar-refractivity contribution in [1.82, 2.24) is 0 Å². The van der Waals surface area contributed by atoms with E-state index in [2.05, 4.69) is 0 Å². The Hall–Kier alpha value is -3.00. The number of hydrogen-bond donors (Lipinski definition) is 0. The van der Waals surface area contributed by atoms with Gasteiger partial charge in [0, 0.05) is 40.5 Å². The van der Waals surface area contributed by atoms with Crippen molar-refractivity contribution in [2.24, 2.45) is 0 Å². The van der Waals surface area contributed by atoms with Gasteiger partial charge in [0.25, 0.3) is 0 Å². The summed E-state index contributed by atoms with van der Waals surface area (Å²) in [7, 11) is 0. The Kier molecular flexibility index (Phi) is 10.8. The number of Topliss-reactive ketones (excluding diaryl/α,β-unsaturated/α-hetero) is 1. The first-order valence-corrected chi connectivity index (χ1v) is 13.6. The van der Waals surface area contributed by atoms with Gasteiger partial charge in [0.15, 0.2) is 5.78 Å². The Morgan fingerprint density at radius 1 is 0.878 bits per heavy atom. The van der Waals surface area contributed by atoms with E-state index in [9.17, 15) is 14.7 Å². The van der Waals surface area contributed by atoms with Crippen LogP contribution in [0.5, 0.6) is 28.7 Å². The average Bonchev–Trinajstić information content (AvgIpc) is 2.95. The topological polar surface area (TPSA) is 84.9 Å². The van der Waals surface area contributed by atoms with Crippen LogP contribution in [0.3, 0.4) is 0 Å². The van der Waals surface area contributed by atoms with Crippen molar-refractivity contribution in [3.63, 3.8) is 0 Å². The molecule has 41 heavy (non-hydrogen) atoms. The van der Waals surface area contributed by atoms with E-state index >= 15 is 0 Å². The smallest absolute Gasteiger partial charge is 0.549 e. The van der Waals surface area contributed by atoms with Crippen molar-refractivity contribution >= 4 is 35.0 Å². The van der Waals surface area contributed by atoms with Crippen molar-refractivity contribution in [2.75, 3.05) is 6.61 Å². The van der Waals surface area contributed by atoms with E-state index in [-0.39, 0.29) is 47.0 Å². The van der Waals surface area contributed by atoms with Crippen molar-refractivity contribution in [3.05, 3.63) is 112 Å². The van der Waals surface area contributed by atoms with E-state index in [1.165, 1.54) is 0 Å². The fourth-order valence-corrected chi connectivity index (χ4v) is 4.91. The summed E-state index contributed by atoms with van der Waals surface area (Å²) in [5, 5.41) is 12.3. The number of carboxylic acids is 1. The van der Waals surface area contributed by atoms with Gasteiger partial charge in [0.05, 0.1) is 11.6 Å². The SMILES string of the molecule is O=C(CCCc1ccccc1Oc1ccc(Cl)cc1)c1ccc(Oc2cc3c(cc2Cl)C(C(=O)[O-])CCO3)cc1.[Na+]. The molecule has 1 aliphatic heterocycles. The van der Waals surface area contributed by atoms with Crippen LogP contribution in [0.2, 0.25) is 10.0 Å². The van der Waals surface area contributed by atoms with Gasteiger partial charge in [-0.3, -0.25) is 4.79 Å². The van der Waals surface area contributed by atoms with E-state index in [4.69, 9.17) is 37.4 Å². The number of hydrogen-bond acceptors (Lipinski definition) is 6. The van der Waals surface area contributed by atoms with E-state index in [0.717, 1.165) is 11.3 Å². The Bertz CT molecular complexity index is 1520. The van der Waals surface area contributed by atoms with Gasteiger partial charge in [-0.15, -0.1) is 0 Å². The number of carbonyl (C=O) groups excluding carboxylic acids is 2. The molecule has 9 heteroatoms. The molecule has 0 saturated carbocycles. The van der Waals surface area contributed by atoms with Crippen LogP contribution in [0.25, 0.3) is 0 Å². The second-order valence-electron chi connectivity index (χ2n) is 9.40. The van der Waals surface area contributed by atoms with Gasteiger partial charge in [0.1, 0.15) is 28.7 Å². The monoisotopic (exact) mass is 598 g/mol. The summed E-state index contributed by atoms with van der Waals surface area (Å²) in [4.78, 5) is 24.3. The van der Waals surface area contributed by atoms with Crippen LogP contribution in [-0.4, -0.2) is 18.4 Å². The van der Waals surface area contributed by atoms with Crippen LogP contribution in [0.1, 0.15) is 46.7 Å². The molecule has 0 fully saturated rings. The number of aliphatic carboxylic acids is 1. The number of rotatable bonds is 10. The summed E-state index contributed by atoms with van der Waals surface area (Å²) in [6.07, 6.45) is 2.05. The fraction of sp³-hybridized carbons (Fsp3) is 0.188. The summed E-state index contributed by atoms with van der Waals surface area (Å²) in [6, 6.07) is 24.9. The summed E-state index contributed by atoms with van der Waals surface area (Å²) in [6.45, 7) is 0.268. The maximum atomic E-state index is 12.8. The van der Waals surface area contributed by atoms with Gasteiger partial charge in [-0.05, 0) is 85.5 Å². The molecular formula is C32H25Cl2NaO6. The second kappa shape index (κ2) is 14.3. The van der Waals surface area contributed by atoms with E-state index in [0.29, 0.717) is 64.8 Å². The van der Waals surface area contributed by atoms with E-state index in [1.54, 1.807) is 48.5 Å². The first kappa shape index (κ1) is 30.9. The normalized spacial score (nSPS) is 13.8. The van der Waals surface area contributed by atoms with Crippen LogP contribution in [0.15, 0.2) is 84.9 Å². The van der Waals surface area contributed by atoms with Gasteiger partial charge in [-0.25, -0.2) is 0 Å². The molecule has 0 aliphatic carbocycles. The average molecular weight is 599 g/mol. The molecule has 0 radical (unpaired) electrons. The van der Waals surface area contributed by atoms with Crippen molar-refractivity contribution in [3.8, 4) is 28.7 Å². The Morgan fingerprint density at radius 3 is 2.24 bits per heavy atom. The Balaban J connectivity index is 0.00000387. The molecule has 1 aliphatic rings. The van der Waals surface area contributed by atoms with Crippen LogP contribution in [-0.2, 0) is 11.2 Å². The van der Waals surface area contributed by atoms with Gasteiger partial charge >= 0.3 is 29.6 Å². The minimum absolute atomic E-state index is 0. The third-order valence-electron chi connectivity index (χ3n) is 6.66. The summed E-state index contributed by atoms with van der Waals surface area (Å²) in [5.41, 5.74) is 2.07. The number of para-hydroxylation sites is 1. The van der Waals surface area contributed by atoms with E-state index in [1.807, 2.05) is 36.4 Å². The number of benzene rings is 4.